The lowest BCUT2D eigenvalue weighted by Crippen LogP contribution is -2.10. The monoisotopic (exact) mass is 792 g/mol. The van der Waals surface area contributed by atoms with Crippen LogP contribution in [0.2, 0.25) is 0 Å². The van der Waals surface area contributed by atoms with Crippen molar-refractivity contribution in [3.8, 4) is 27.9 Å². The summed E-state index contributed by atoms with van der Waals surface area (Å²) in [6.07, 6.45) is 0. The van der Waals surface area contributed by atoms with E-state index in [4.69, 9.17) is 8.83 Å². The highest BCUT2D eigenvalue weighted by Gasteiger charge is 2.23. The lowest BCUT2D eigenvalue weighted by atomic mass is 9.97. The Morgan fingerprint density at radius 3 is 1.73 bits per heavy atom. The van der Waals surface area contributed by atoms with Gasteiger partial charge in [-0.05, 0) is 94.7 Å². The number of aromatic nitrogens is 1. The second kappa shape index (κ2) is 13.6. The molecule has 0 bridgehead atoms. The molecule has 4 heteroatoms. The Balaban J connectivity index is 1.06. The van der Waals surface area contributed by atoms with Gasteiger partial charge in [0.2, 0.25) is 0 Å². The van der Waals surface area contributed by atoms with Crippen LogP contribution in [0.1, 0.15) is 0 Å². The molecule has 290 valence electrons. The van der Waals surface area contributed by atoms with Crippen LogP contribution in [0, 0.1) is 0 Å². The highest BCUT2D eigenvalue weighted by Crippen LogP contribution is 2.46. The van der Waals surface area contributed by atoms with Crippen LogP contribution in [0.3, 0.4) is 0 Å². The summed E-state index contributed by atoms with van der Waals surface area (Å²) in [6, 6.07) is 78.1. The average molecular weight is 793 g/mol. The van der Waals surface area contributed by atoms with Gasteiger partial charge in [-0.1, -0.05) is 146 Å². The lowest BCUT2D eigenvalue weighted by Gasteiger charge is -2.27. The topological polar surface area (TPSA) is 34.5 Å². The highest BCUT2D eigenvalue weighted by atomic mass is 16.3. The Morgan fingerprint density at radius 2 is 0.935 bits per heavy atom. The number of para-hydroxylation sites is 5. The van der Waals surface area contributed by atoms with Gasteiger partial charge in [0.05, 0.1) is 16.7 Å². The first-order chi connectivity index (χ1) is 30.7. The average Bonchev–Trinajstić information content (AvgIpc) is 4.02. The van der Waals surface area contributed by atoms with Crippen LogP contribution < -0.4 is 4.90 Å². The number of benzene rings is 10. The van der Waals surface area contributed by atoms with Crippen LogP contribution in [-0.4, -0.2) is 4.57 Å². The minimum Gasteiger partial charge on any atom is -0.456 e. The summed E-state index contributed by atoms with van der Waals surface area (Å²) in [4.78, 5) is 2.39. The molecule has 0 aliphatic carbocycles. The zero-order chi connectivity index (χ0) is 40.7. The smallest absolute Gasteiger partial charge is 0.143 e. The van der Waals surface area contributed by atoms with Crippen molar-refractivity contribution in [3.63, 3.8) is 0 Å². The van der Waals surface area contributed by atoms with E-state index in [0.717, 1.165) is 99.9 Å². The molecule has 0 fully saturated rings. The van der Waals surface area contributed by atoms with E-state index >= 15 is 0 Å². The first kappa shape index (κ1) is 34.5. The van der Waals surface area contributed by atoms with Gasteiger partial charge in [-0.25, -0.2) is 0 Å². The Morgan fingerprint density at radius 1 is 0.339 bits per heavy atom. The van der Waals surface area contributed by atoms with Crippen molar-refractivity contribution in [1.82, 2.24) is 4.57 Å². The predicted molar refractivity (Wildman–Crippen MR) is 258 cm³/mol. The summed E-state index contributed by atoms with van der Waals surface area (Å²) in [5, 5.41) is 9.22. The van der Waals surface area contributed by atoms with Crippen molar-refractivity contribution in [2.24, 2.45) is 0 Å². The number of hydrogen-bond acceptors (Lipinski definition) is 3. The SMILES string of the molecule is c1ccc(-n2c3ccccc3c3ccccc32)c(-c2cc(N(c3ccc(-c4cccc5oc6ccccc6c45)cc3)c3ccc4ccccc4c3)cc3c2oc2ccccc23)c1. The van der Waals surface area contributed by atoms with E-state index in [0.29, 0.717) is 0 Å². The molecule has 4 nitrogen and oxygen atoms in total. The number of hydrogen-bond donors (Lipinski definition) is 0. The van der Waals surface area contributed by atoms with Gasteiger partial charge in [0.25, 0.3) is 0 Å². The van der Waals surface area contributed by atoms with Gasteiger partial charge in [0, 0.05) is 60.5 Å². The van der Waals surface area contributed by atoms with Crippen LogP contribution in [0.5, 0.6) is 0 Å². The van der Waals surface area contributed by atoms with Crippen molar-refractivity contribution < 1.29 is 8.83 Å². The molecule has 3 heterocycles. The summed E-state index contributed by atoms with van der Waals surface area (Å²) in [6.45, 7) is 0. The van der Waals surface area contributed by atoms with Gasteiger partial charge in [-0.2, -0.15) is 0 Å². The van der Waals surface area contributed by atoms with E-state index in [1.807, 2.05) is 18.2 Å². The molecule has 0 radical (unpaired) electrons. The summed E-state index contributed by atoms with van der Waals surface area (Å²) < 4.78 is 15.6. The van der Waals surface area contributed by atoms with Crippen LogP contribution in [0.4, 0.5) is 17.1 Å². The van der Waals surface area contributed by atoms with Crippen LogP contribution in [0.15, 0.2) is 227 Å². The molecule has 13 rings (SSSR count). The Labute approximate surface area is 356 Å². The molecular weight excluding hydrogens is 757 g/mol. The lowest BCUT2D eigenvalue weighted by molar-refractivity contribution is 0.669. The number of rotatable bonds is 6. The molecule has 3 aromatic heterocycles. The van der Waals surface area contributed by atoms with Crippen molar-refractivity contribution in [2.75, 3.05) is 4.90 Å². The van der Waals surface area contributed by atoms with Gasteiger partial charge in [0.15, 0.2) is 0 Å². The number of anilines is 3. The Hall–Kier alpha value is -8.34. The third-order valence-corrected chi connectivity index (χ3v) is 12.6. The molecule has 0 unspecified atom stereocenters. The molecule has 0 saturated heterocycles. The molecule has 0 amide bonds. The van der Waals surface area contributed by atoms with E-state index in [9.17, 15) is 0 Å². The maximum Gasteiger partial charge on any atom is 0.143 e. The molecule has 0 saturated carbocycles. The predicted octanol–water partition coefficient (Wildman–Crippen LogP) is 16.5. The van der Waals surface area contributed by atoms with E-state index in [-0.39, 0.29) is 0 Å². The molecule has 0 spiro atoms. The van der Waals surface area contributed by atoms with E-state index in [1.54, 1.807) is 0 Å². The molecule has 0 aliphatic heterocycles. The summed E-state index contributed by atoms with van der Waals surface area (Å²) in [7, 11) is 0. The number of nitrogens with zero attached hydrogens (tertiary/aromatic N) is 2. The van der Waals surface area contributed by atoms with Crippen molar-refractivity contribution >= 4 is 93.5 Å². The van der Waals surface area contributed by atoms with Crippen molar-refractivity contribution in [3.05, 3.63) is 218 Å². The maximum atomic E-state index is 6.88. The summed E-state index contributed by atoms with van der Waals surface area (Å²) >= 11 is 0. The van der Waals surface area contributed by atoms with Gasteiger partial charge in [-0.15, -0.1) is 0 Å². The highest BCUT2D eigenvalue weighted by molar-refractivity contribution is 6.15. The van der Waals surface area contributed by atoms with Crippen molar-refractivity contribution in [1.29, 1.82) is 0 Å². The maximum absolute atomic E-state index is 6.88. The Kier molecular flexibility index (Phi) is 7.57. The number of fused-ring (bicyclic) bond motifs is 10. The van der Waals surface area contributed by atoms with Crippen LogP contribution in [-0.2, 0) is 0 Å². The molecular formula is C58H36N2O2. The third kappa shape index (κ3) is 5.27. The van der Waals surface area contributed by atoms with Gasteiger partial charge < -0.3 is 18.3 Å². The van der Waals surface area contributed by atoms with Gasteiger partial charge in [0.1, 0.15) is 22.3 Å². The van der Waals surface area contributed by atoms with E-state index in [1.165, 1.54) is 21.5 Å². The normalized spacial score (nSPS) is 11.9. The fourth-order valence-corrected chi connectivity index (χ4v) is 9.79. The molecule has 0 atom stereocenters. The summed E-state index contributed by atoms with van der Waals surface area (Å²) in [5.41, 5.74) is 14.4. The van der Waals surface area contributed by atoms with E-state index in [2.05, 4.69) is 210 Å². The van der Waals surface area contributed by atoms with Gasteiger partial charge >= 0.3 is 0 Å². The van der Waals surface area contributed by atoms with Crippen molar-refractivity contribution in [2.45, 2.75) is 0 Å². The largest absolute Gasteiger partial charge is 0.456 e. The first-order valence-electron chi connectivity index (χ1n) is 21.1. The molecule has 0 aliphatic rings. The quantitative estimate of drug-likeness (QED) is 0.168. The standard InChI is InChI=1S/C58H36N2O2/c1-2-15-39-34-41(33-28-37(39)14-1)59(40-31-29-38(30-32-40)43-21-13-27-56-57(43)48-20-7-12-26-55(48)61-56)42-35-49(58-50(36-42)47-19-6-11-25-54(47)62-58)46-18-5-10-24-53(46)60-51-22-8-3-16-44(51)45-17-4-9-23-52(45)60/h1-36H. The minimum atomic E-state index is 0.859. The molecule has 10 aromatic carbocycles. The minimum absolute atomic E-state index is 0.859. The zero-order valence-corrected chi connectivity index (χ0v) is 33.5. The van der Waals surface area contributed by atoms with Crippen LogP contribution >= 0.6 is 0 Å². The summed E-state index contributed by atoms with van der Waals surface area (Å²) in [5.74, 6) is 0. The van der Waals surface area contributed by atoms with Crippen LogP contribution in [0.25, 0.3) is 104 Å². The fourth-order valence-electron chi connectivity index (χ4n) is 9.79. The van der Waals surface area contributed by atoms with Gasteiger partial charge in [-0.3, -0.25) is 0 Å². The number of furan rings is 2. The van der Waals surface area contributed by atoms with E-state index < -0.39 is 0 Å². The Bertz CT molecular complexity index is 3830. The first-order valence-corrected chi connectivity index (χ1v) is 21.1. The second-order valence-electron chi connectivity index (χ2n) is 16.0. The second-order valence-corrected chi connectivity index (χ2v) is 16.0. The zero-order valence-electron chi connectivity index (χ0n) is 33.5. The molecule has 62 heavy (non-hydrogen) atoms. The molecule has 13 aromatic rings. The fraction of sp³-hybridized carbons (Fsp3) is 0. The third-order valence-electron chi connectivity index (χ3n) is 12.6. The molecule has 0 N–H and O–H groups in total.